The molecule has 0 heterocycles. The van der Waals surface area contributed by atoms with E-state index < -0.39 is 0 Å². The molecule has 0 N–H and O–H groups in total. The fourth-order valence-electron chi connectivity index (χ4n) is 10.00. The topological polar surface area (TPSA) is 23.8 Å². The van der Waals surface area contributed by atoms with Crippen LogP contribution >= 0.6 is 7.92 Å². The van der Waals surface area contributed by atoms with E-state index >= 15 is 0 Å². The van der Waals surface area contributed by atoms with E-state index in [0.29, 0.717) is 16.2 Å². The van der Waals surface area contributed by atoms with Crippen LogP contribution in [0.5, 0.6) is 0 Å². The van der Waals surface area contributed by atoms with Crippen molar-refractivity contribution in [1.82, 2.24) is 0 Å². The van der Waals surface area contributed by atoms with Crippen molar-refractivity contribution in [2.24, 2.45) is 41.4 Å². The quantitative estimate of drug-likeness (QED) is 0.514. The summed E-state index contributed by atoms with van der Waals surface area (Å²) in [5, 5.41) is 11.1. The molecule has 0 aromatic carbocycles. The minimum atomic E-state index is 0.0234. The SMILES string of the molecule is C[C@@H](C#N)CP(C12CC3CC(CC(C3)C1)C2)C12CC3CC(CC(C3)C1)C2. The lowest BCUT2D eigenvalue weighted by Gasteiger charge is -2.67. The molecule has 0 aliphatic heterocycles. The van der Waals surface area contributed by atoms with E-state index in [9.17, 15) is 5.26 Å². The molecule has 26 heavy (non-hydrogen) atoms. The monoisotopic (exact) mass is 369 g/mol. The minimum Gasteiger partial charge on any atom is -0.198 e. The molecule has 0 aromatic heterocycles. The van der Waals surface area contributed by atoms with Crippen LogP contribution in [0.4, 0.5) is 0 Å². The van der Waals surface area contributed by atoms with Gasteiger partial charge in [-0.05, 0) is 136 Å². The zero-order chi connectivity index (χ0) is 17.5. The number of nitrogens with zero attached hydrogens (tertiary/aromatic N) is 1. The highest BCUT2D eigenvalue weighted by Gasteiger charge is 2.62. The Morgan fingerprint density at radius 3 is 1.31 bits per heavy atom. The maximum atomic E-state index is 9.71. The molecule has 8 rings (SSSR count). The molecule has 8 fully saturated rings. The van der Waals surface area contributed by atoms with Crippen molar-refractivity contribution in [3.8, 4) is 6.07 Å². The fourth-order valence-corrected chi connectivity index (χ4v) is 15.3. The standard InChI is InChI=1S/C24H36NP/c1-16(14-25)15-26(23-8-17-2-18(9-23)4-19(3-17)10-23)24-11-20-5-21(12-24)7-22(6-20)13-24/h16-22H,2-13,15H2,1H3/t16-,17?,18?,19?,20?,21?,22?,23?,24?,26?/m0/s1. The summed E-state index contributed by atoms with van der Waals surface area (Å²) in [6, 6.07) is 2.68. The largest absolute Gasteiger partial charge is 0.198 e. The predicted molar refractivity (Wildman–Crippen MR) is 108 cm³/mol. The van der Waals surface area contributed by atoms with Gasteiger partial charge in [0.15, 0.2) is 0 Å². The van der Waals surface area contributed by atoms with Crippen LogP contribution in [0.25, 0.3) is 0 Å². The molecule has 0 spiro atoms. The van der Waals surface area contributed by atoms with E-state index in [1.165, 1.54) is 6.16 Å². The molecule has 8 aliphatic rings. The Morgan fingerprint density at radius 2 is 1.04 bits per heavy atom. The number of hydrogen-bond acceptors (Lipinski definition) is 1. The molecular formula is C24H36NP. The highest BCUT2D eigenvalue weighted by molar-refractivity contribution is 7.61. The van der Waals surface area contributed by atoms with E-state index in [4.69, 9.17) is 0 Å². The van der Waals surface area contributed by atoms with Crippen LogP contribution in [0.3, 0.4) is 0 Å². The van der Waals surface area contributed by atoms with Gasteiger partial charge in [-0.25, -0.2) is 0 Å². The third kappa shape index (κ3) is 2.43. The first-order valence-electron chi connectivity index (χ1n) is 11.7. The van der Waals surface area contributed by atoms with Crippen molar-refractivity contribution in [1.29, 1.82) is 5.26 Å². The van der Waals surface area contributed by atoms with Gasteiger partial charge < -0.3 is 0 Å². The third-order valence-electron chi connectivity index (χ3n) is 9.83. The summed E-state index contributed by atoms with van der Waals surface area (Å²) in [5.41, 5.74) is 0. The smallest absolute Gasteiger partial charge is 0.0656 e. The maximum absolute atomic E-state index is 9.71. The van der Waals surface area contributed by atoms with Crippen molar-refractivity contribution >= 4 is 7.92 Å². The third-order valence-corrected chi connectivity index (χ3v) is 14.1. The van der Waals surface area contributed by atoms with Gasteiger partial charge in [-0.15, -0.1) is 0 Å². The number of hydrogen-bond donors (Lipinski definition) is 0. The summed E-state index contributed by atoms with van der Waals surface area (Å²) >= 11 is 0. The summed E-state index contributed by atoms with van der Waals surface area (Å²) in [6.45, 7) is 2.25. The Labute approximate surface area is 161 Å². The summed E-state index contributed by atoms with van der Waals surface area (Å²) in [7, 11) is 0.0234. The lowest BCUT2D eigenvalue weighted by Crippen LogP contribution is -2.57. The van der Waals surface area contributed by atoms with Crippen molar-refractivity contribution in [3.05, 3.63) is 0 Å². The number of rotatable bonds is 4. The predicted octanol–water partition coefficient (Wildman–Crippen LogP) is 6.57. The van der Waals surface area contributed by atoms with Crippen LogP contribution in [-0.2, 0) is 0 Å². The molecule has 2 heteroatoms. The van der Waals surface area contributed by atoms with Crippen LogP contribution in [0.2, 0.25) is 0 Å². The average Bonchev–Trinajstić information content (AvgIpc) is 2.56. The summed E-state index contributed by atoms with van der Waals surface area (Å²) in [6.07, 6.45) is 20.1. The first-order valence-corrected chi connectivity index (χ1v) is 13.3. The second kappa shape index (κ2) is 5.72. The van der Waals surface area contributed by atoms with Gasteiger partial charge in [0, 0.05) is 5.92 Å². The highest BCUT2D eigenvalue weighted by atomic mass is 31.1. The zero-order valence-electron chi connectivity index (χ0n) is 16.6. The van der Waals surface area contributed by atoms with Crippen molar-refractivity contribution < 1.29 is 0 Å². The van der Waals surface area contributed by atoms with Crippen molar-refractivity contribution in [2.45, 2.75) is 94.3 Å². The second-order valence-electron chi connectivity index (χ2n) is 11.9. The van der Waals surface area contributed by atoms with Gasteiger partial charge in [0.2, 0.25) is 0 Å². The fraction of sp³-hybridized carbons (Fsp3) is 0.958. The minimum absolute atomic E-state index is 0.0234. The Bertz CT molecular complexity index is 516. The van der Waals surface area contributed by atoms with Gasteiger partial charge in [0.25, 0.3) is 0 Å². The Kier molecular flexibility index (Phi) is 3.71. The van der Waals surface area contributed by atoms with Gasteiger partial charge >= 0.3 is 0 Å². The molecule has 8 aliphatic carbocycles. The number of nitriles is 1. The maximum Gasteiger partial charge on any atom is 0.0656 e. The molecule has 142 valence electrons. The van der Waals surface area contributed by atoms with Crippen molar-refractivity contribution in [2.75, 3.05) is 6.16 Å². The Morgan fingerprint density at radius 1 is 0.731 bits per heavy atom. The first kappa shape index (κ1) is 16.8. The molecule has 0 saturated heterocycles. The molecular weight excluding hydrogens is 333 g/mol. The van der Waals surface area contributed by atoms with Crippen molar-refractivity contribution in [3.63, 3.8) is 0 Å². The Hall–Kier alpha value is -0.0800. The van der Waals surface area contributed by atoms with Crippen LogP contribution in [0, 0.1) is 52.8 Å². The normalized spacial score (nSPS) is 55.7. The van der Waals surface area contributed by atoms with E-state index in [2.05, 4.69) is 13.0 Å². The molecule has 1 atom stereocenters. The van der Waals surface area contributed by atoms with E-state index in [-0.39, 0.29) is 7.92 Å². The molecule has 1 nitrogen and oxygen atoms in total. The van der Waals surface area contributed by atoms with Crippen LogP contribution in [-0.4, -0.2) is 16.5 Å². The summed E-state index contributed by atoms with van der Waals surface area (Å²) < 4.78 is 0. The van der Waals surface area contributed by atoms with Gasteiger partial charge in [0.05, 0.1) is 6.07 Å². The molecule has 0 aromatic rings. The lowest BCUT2D eigenvalue weighted by atomic mass is 9.55. The van der Waals surface area contributed by atoms with Gasteiger partial charge in [0.1, 0.15) is 0 Å². The molecule has 0 radical (unpaired) electrons. The van der Waals surface area contributed by atoms with Gasteiger partial charge in [-0.2, -0.15) is 5.26 Å². The molecule has 0 amide bonds. The van der Waals surface area contributed by atoms with E-state index in [0.717, 1.165) is 35.5 Å². The van der Waals surface area contributed by atoms with Gasteiger partial charge in [-0.3, -0.25) is 0 Å². The zero-order valence-corrected chi connectivity index (χ0v) is 17.5. The highest BCUT2D eigenvalue weighted by Crippen LogP contribution is 2.79. The first-order chi connectivity index (χ1) is 12.6. The van der Waals surface area contributed by atoms with Crippen LogP contribution in [0.1, 0.15) is 84.0 Å². The van der Waals surface area contributed by atoms with E-state index in [1.54, 1.807) is 77.0 Å². The molecule has 8 bridgehead atoms. The molecule has 0 unspecified atom stereocenters. The van der Waals surface area contributed by atoms with Gasteiger partial charge in [-0.1, -0.05) is 7.92 Å². The Balaban J connectivity index is 1.39. The summed E-state index contributed by atoms with van der Waals surface area (Å²) in [4.78, 5) is 0. The summed E-state index contributed by atoms with van der Waals surface area (Å²) in [5.74, 6) is 6.70. The van der Waals surface area contributed by atoms with Crippen LogP contribution in [0.15, 0.2) is 0 Å². The second-order valence-corrected chi connectivity index (χ2v) is 15.0. The lowest BCUT2D eigenvalue weighted by molar-refractivity contribution is 0.0184. The average molecular weight is 370 g/mol. The van der Waals surface area contributed by atoms with Crippen LogP contribution < -0.4 is 0 Å². The van der Waals surface area contributed by atoms with E-state index in [1.807, 2.05) is 0 Å². The molecule has 8 saturated carbocycles.